The normalized spacial score (nSPS) is 10.9. The molecule has 5 heteroatoms. The zero-order valence-corrected chi connectivity index (χ0v) is 12.0. The molecule has 0 atom stereocenters. The van der Waals surface area contributed by atoms with Gasteiger partial charge in [-0.3, -0.25) is 4.79 Å². The van der Waals surface area contributed by atoms with Crippen molar-refractivity contribution in [3.05, 3.63) is 76.7 Å². The molecule has 3 aromatic rings. The van der Waals surface area contributed by atoms with Gasteiger partial charge in [-0.05, 0) is 35.7 Å². The Kier molecular flexibility index (Phi) is 3.93. The van der Waals surface area contributed by atoms with Crippen LogP contribution >= 0.6 is 11.3 Å². The SMILES string of the molecule is O=C(N/N=C/c1cccs1)c1ccccc1-n1cccc1. The van der Waals surface area contributed by atoms with E-state index in [-0.39, 0.29) is 5.91 Å². The molecular weight excluding hydrogens is 282 g/mol. The number of para-hydroxylation sites is 1. The lowest BCUT2D eigenvalue weighted by atomic mass is 10.1. The second-order valence-electron chi connectivity index (χ2n) is 4.32. The maximum Gasteiger partial charge on any atom is 0.273 e. The van der Waals surface area contributed by atoms with Gasteiger partial charge in [-0.2, -0.15) is 5.10 Å². The number of amides is 1. The molecule has 0 aliphatic rings. The van der Waals surface area contributed by atoms with Crippen molar-refractivity contribution < 1.29 is 4.79 Å². The summed E-state index contributed by atoms with van der Waals surface area (Å²) in [5.41, 5.74) is 3.97. The first-order chi connectivity index (χ1) is 10.3. The van der Waals surface area contributed by atoms with Crippen molar-refractivity contribution in [1.82, 2.24) is 9.99 Å². The van der Waals surface area contributed by atoms with Gasteiger partial charge in [-0.1, -0.05) is 18.2 Å². The van der Waals surface area contributed by atoms with E-state index in [1.165, 1.54) is 0 Å². The first-order valence-corrected chi connectivity index (χ1v) is 7.32. The number of rotatable bonds is 4. The maximum atomic E-state index is 12.3. The first-order valence-electron chi connectivity index (χ1n) is 6.44. The van der Waals surface area contributed by atoms with E-state index in [1.54, 1.807) is 23.6 Å². The molecule has 0 radical (unpaired) electrons. The summed E-state index contributed by atoms with van der Waals surface area (Å²) in [4.78, 5) is 13.2. The van der Waals surface area contributed by atoms with Gasteiger partial charge in [0.05, 0.1) is 17.5 Å². The zero-order chi connectivity index (χ0) is 14.5. The van der Waals surface area contributed by atoms with Crippen molar-refractivity contribution in [2.24, 2.45) is 5.10 Å². The van der Waals surface area contributed by atoms with Gasteiger partial charge in [-0.15, -0.1) is 11.3 Å². The third kappa shape index (κ3) is 3.09. The number of hydrogen-bond acceptors (Lipinski definition) is 3. The van der Waals surface area contributed by atoms with Gasteiger partial charge in [0, 0.05) is 17.3 Å². The minimum Gasteiger partial charge on any atom is -0.323 e. The first kappa shape index (κ1) is 13.3. The maximum absolute atomic E-state index is 12.3. The molecule has 1 aromatic carbocycles. The van der Waals surface area contributed by atoms with E-state index in [1.807, 2.05) is 64.8 Å². The van der Waals surface area contributed by atoms with E-state index in [9.17, 15) is 4.79 Å². The number of carbonyl (C=O) groups is 1. The topological polar surface area (TPSA) is 46.4 Å². The monoisotopic (exact) mass is 295 g/mol. The second-order valence-corrected chi connectivity index (χ2v) is 5.30. The molecular formula is C16H13N3OS. The molecule has 0 spiro atoms. The third-order valence-corrected chi connectivity index (χ3v) is 3.74. The molecule has 0 saturated heterocycles. The van der Waals surface area contributed by atoms with Gasteiger partial charge in [-0.25, -0.2) is 5.43 Å². The van der Waals surface area contributed by atoms with E-state index < -0.39 is 0 Å². The average Bonchev–Trinajstić information content (AvgIpc) is 3.20. The van der Waals surface area contributed by atoms with Crippen LogP contribution in [0.4, 0.5) is 0 Å². The predicted molar refractivity (Wildman–Crippen MR) is 85.1 cm³/mol. The Hall–Kier alpha value is -2.66. The number of benzene rings is 1. The van der Waals surface area contributed by atoms with Crippen LogP contribution in [0.25, 0.3) is 5.69 Å². The number of thiophene rings is 1. The van der Waals surface area contributed by atoms with Crippen molar-refractivity contribution in [3.8, 4) is 5.69 Å². The van der Waals surface area contributed by atoms with Gasteiger partial charge < -0.3 is 4.57 Å². The van der Waals surface area contributed by atoms with Gasteiger partial charge in [0.25, 0.3) is 5.91 Å². The van der Waals surface area contributed by atoms with Crippen molar-refractivity contribution in [2.75, 3.05) is 0 Å². The lowest BCUT2D eigenvalue weighted by Gasteiger charge is -2.08. The smallest absolute Gasteiger partial charge is 0.273 e. The highest BCUT2D eigenvalue weighted by Gasteiger charge is 2.10. The molecule has 21 heavy (non-hydrogen) atoms. The van der Waals surface area contributed by atoms with Crippen LogP contribution in [-0.2, 0) is 0 Å². The Morgan fingerprint density at radius 3 is 2.67 bits per heavy atom. The summed E-state index contributed by atoms with van der Waals surface area (Å²) in [6.45, 7) is 0. The highest BCUT2D eigenvalue weighted by atomic mass is 32.1. The molecule has 0 unspecified atom stereocenters. The van der Waals surface area contributed by atoms with E-state index in [0.717, 1.165) is 10.6 Å². The number of hydrazone groups is 1. The number of hydrogen-bond donors (Lipinski definition) is 1. The number of nitrogens with zero attached hydrogens (tertiary/aromatic N) is 2. The Balaban J connectivity index is 1.79. The summed E-state index contributed by atoms with van der Waals surface area (Å²) in [5, 5.41) is 5.95. The van der Waals surface area contributed by atoms with Crippen LogP contribution < -0.4 is 5.43 Å². The van der Waals surface area contributed by atoms with Crippen LogP contribution in [0.2, 0.25) is 0 Å². The fraction of sp³-hybridized carbons (Fsp3) is 0. The molecule has 0 saturated carbocycles. The van der Waals surface area contributed by atoms with Gasteiger partial charge in [0.15, 0.2) is 0 Å². The van der Waals surface area contributed by atoms with Crippen LogP contribution in [-0.4, -0.2) is 16.7 Å². The van der Waals surface area contributed by atoms with E-state index in [0.29, 0.717) is 5.56 Å². The summed E-state index contributed by atoms with van der Waals surface area (Å²) in [7, 11) is 0. The number of carbonyl (C=O) groups excluding carboxylic acids is 1. The van der Waals surface area contributed by atoms with Gasteiger partial charge >= 0.3 is 0 Å². The summed E-state index contributed by atoms with van der Waals surface area (Å²) >= 11 is 1.57. The minimum atomic E-state index is -0.230. The van der Waals surface area contributed by atoms with E-state index in [2.05, 4.69) is 10.5 Å². The van der Waals surface area contributed by atoms with Crippen molar-refractivity contribution in [3.63, 3.8) is 0 Å². The van der Waals surface area contributed by atoms with Crippen LogP contribution in [0.3, 0.4) is 0 Å². The van der Waals surface area contributed by atoms with Crippen LogP contribution in [0.1, 0.15) is 15.2 Å². The van der Waals surface area contributed by atoms with Gasteiger partial charge in [0.1, 0.15) is 0 Å². The molecule has 2 heterocycles. The lowest BCUT2D eigenvalue weighted by molar-refractivity contribution is 0.0955. The summed E-state index contributed by atoms with van der Waals surface area (Å²) in [6, 6.07) is 15.1. The molecule has 0 bridgehead atoms. The van der Waals surface area contributed by atoms with Crippen molar-refractivity contribution >= 4 is 23.5 Å². The Labute approximate surface area is 126 Å². The fourth-order valence-corrected chi connectivity index (χ4v) is 2.55. The highest BCUT2D eigenvalue weighted by molar-refractivity contribution is 7.11. The number of aromatic nitrogens is 1. The largest absolute Gasteiger partial charge is 0.323 e. The molecule has 0 fully saturated rings. The second kappa shape index (κ2) is 6.19. The average molecular weight is 295 g/mol. The van der Waals surface area contributed by atoms with Gasteiger partial charge in [0.2, 0.25) is 0 Å². The molecule has 2 aromatic heterocycles. The van der Waals surface area contributed by atoms with Crippen molar-refractivity contribution in [2.45, 2.75) is 0 Å². The number of nitrogens with one attached hydrogen (secondary N) is 1. The lowest BCUT2D eigenvalue weighted by Crippen LogP contribution is -2.19. The molecule has 3 rings (SSSR count). The summed E-state index contributed by atoms with van der Waals surface area (Å²) in [6.07, 6.45) is 5.45. The molecule has 104 valence electrons. The fourth-order valence-electron chi connectivity index (χ4n) is 1.97. The van der Waals surface area contributed by atoms with E-state index >= 15 is 0 Å². The molecule has 0 aliphatic heterocycles. The Morgan fingerprint density at radius 1 is 1.10 bits per heavy atom. The predicted octanol–water partition coefficient (Wildman–Crippen LogP) is 3.30. The Bertz CT molecular complexity index is 746. The van der Waals surface area contributed by atoms with E-state index in [4.69, 9.17) is 0 Å². The van der Waals surface area contributed by atoms with Crippen LogP contribution in [0.15, 0.2) is 71.4 Å². The Morgan fingerprint density at radius 2 is 1.90 bits per heavy atom. The van der Waals surface area contributed by atoms with Crippen LogP contribution in [0, 0.1) is 0 Å². The molecule has 0 aliphatic carbocycles. The molecule has 1 amide bonds. The molecule has 4 nitrogen and oxygen atoms in total. The quantitative estimate of drug-likeness (QED) is 0.582. The third-order valence-electron chi connectivity index (χ3n) is 2.93. The molecule has 1 N–H and O–H groups in total. The van der Waals surface area contributed by atoms with Crippen LogP contribution in [0.5, 0.6) is 0 Å². The highest BCUT2D eigenvalue weighted by Crippen LogP contribution is 2.14. The van der Waals surface area contributed by atoms with Crippen molar-refractivity contribution in [1.29, 1.82) is 0 Å². The summed E-state index contributed by atoms with van der Waals surface area (Å²) < 4.78 is 1.90. The zero-order valence-electron chi connectivity index (χ0n) is 11.1. The minimum absolute atomic E-state index is 0.230. The summed E-state index contributed by atoms with van der Waals surface area (Å²) in [5.74, 6) is -0.230. The standard InChI is InChI=1S/C16H13N3OS/c20-16(18-17-12-13-6-5-11-21-13)14-7-1-2-8-15(14)19-9-3-4-10-19/h1-12H,(H,18,20)/b17-12+.